The molecular weight excluding hydrogens is 464 g/mol. The van der Waals surface area contributed by atoms with Gasteiger partial charge in [0, 0.05) is 18.1 Å². The summed E-state index contributed by atoms with van der Waals surface area (Å²) in [6.45, 7) is 1.18. The first-order valence-electron chi connectivity index (χ1n) is 10.3. The van der Waals surface area contributed by atoms with Crippen LogP contribution in [-0.2, 0) is 4.79 Å². The number of carbonyl (C=O) groups excluding carboxylic acids is 1. The molecule has 0 saturated carbocycles. The zero-order valence-corrected chi connectivity index (χ0v) is 18.5. The molecule has 1 N–H and O–H groups in total. The molecule has 1 amide bonds. The van der Waals surface area contributed by atoms with E-state index in [-0.39, 0.29) is 10.7 Å². The third kappa shape index (κ3) is 4.72. The van der Waals surface area contributed by atoms with E-state index in [1.807, 2.05) is 0 Å². The molecule has 0 aromatic heterocycles. The van der Waals surface area contributed by atoms with Crippen molar-refractivity contribution < 1.29 is 18.0 Å². The number of carbonyl (C=O) groups is 1. The molecule has 0 radical (unpaired) electrons. The van der Waals surface area contributed by atoms with Gasteiger partial charge < -0.3 is 0 Å². The van der Waals surface area contributed by atoms with Crippen LogP contribution in [0.4, 0.5) is 18.9 Å². The van der Waals surface area contributed by atoms with E-state index in [0.29, 0.717) is 23.7 Å². The third-order valence-corrected chi connectivity index (χ3v) is 6.17. The number of hydrazone groups is 1. The smallest absolute Gasteiger partial charge is 0.284 e. The Morgan fingerprint density at radius 2 is 1.66 bits per heavy atom. The number of hydrogen-bond acceptors (Lipinski definition) is 4. The van der Waals surface area contributed by atoms with Gasteiger partial charge in [0.05, 0.1) is 16.8 Å². The monoisotopic (exact) mass is 484 g/mol. The van der Waals surface area contributed by atoms with Crippen LogP contribution in [0, 0.1) is 5.92 Å². The predicted octanol–water partition coefficient (Wildman–Crippen LogP) is 5.61. The topological polar surface area (TPSA) is 47.9 Å². The molecule has 32 heavy (non-hydrogen) atoms. The number of alkyl halides is 3. The summed E-state index contributed by atoms with van der Waals surface area (Å²) in [6, 6.07) is 11.2. The highest BCUT2D eigenvalue weighted by Gasteiger charge is 2.56. The minimum atomic E-state index is -4.72. The van der Waals surface area contributed by atoms with Crippen molar-refractivity contribution in [1.29, 1.82) is 0 Å². The zero-order valence-electron chi connectivity index (χ0n) is 16.9. The SMILES string of the molecule is O=C(NN1CCCCC1)C1=NN(c2ccccc2Cl)C(c2ccc(Cl)cc2)C1C(F)(F)F. The Morgan fingerprint density at radius 3 is 2.28 bits per heavy atom. The predicted molar refractivity (Wildman–Crippen MR) is 119 cm³/mol. The molecule has 1 saturated heterocycles. The van der Waals surface area contributed by atoms with E-state index in [1.54, 1.807) is 29.3 Å². The van der Waals surface area contributed by atoms with Crippen molar-refractivity contribution in [2.24, 2.45) is 11.0 Å². The van der Waals surface area contributed by atoms with Gasteiger partial charge in [-0.25, -0.2) is 5.01 Å². The lowest BCUT2D eigenvalue weighted by Gasteiger charge is -2.30. The van der Waals surface area contributed by atoms with Crippen LogP contribution in [-0.4, -0.2) is 35.9 Å². The highest BCUT2D eigenvalue weighted by molar-refractivity contribution is 6.41. The summed E-state index contributed by atoms with van der Waals surface area (Å²) in [6.07, 6.45) is -1.96. The third-order valence-electron chi connectivity index (χ3n) is 5.60. The largest absolute Gasteiger partial charge is 0.399 e. The zero-order chi connectivity index (χ0) is 22.9. The van der Waals surface area contributed by atoms with Gasteiger partial charge in [-0.3, -0.25) is 15.2 Å². The second-order valence-electron chi connectivity index (χ2n) is 7.79. The number of hydrazine groups is 1. The maximum absolute atomic E-state index is 14.4. The van der Waals surface area contributed by atoms with E-state index >= 15 is 0 Å². The average Bonchev–Trinajstić information content (AvgIpc) is 3.16. The van der Waals surface area contributed by atoms with Crippen LogP contribution in [0.25, 0.3) is 0 Å². The van der Waals surface area contributed by atoms with Crippen molar-refractivity contribution >= 4 is 40.5 Å². The molecule has 2 aliphatic heterocycles. The summed E-state index contributed by atoms with van der Waals surface area (Å²) in [5, 5.41) is 7.65. The number of hydrogen-bond donors (Lipinski definition) is 1. The Labute approximate surface area is 193 Å². The molecule has 0 aliphatic carbocycles. The van der Waals surface area contributed by atoms with E-state index in [1.165, 1.54) is 29.3 Å². The minimum absolute atomic E-state index is 0.230. The van der Waals surface area contributed by atoms with E-state index < -0.39 is 29.8 Å². The first-order chi connectivity index (χ1) is 15.3. The summed E-state index contributed by atoms with van der Waals surface area (Å²) in [7, 11) is 0. The molecule has 2 aromatic rings. The fourth-order valence-electron chi connectivity index (χ4n) is 4.09. The fraction of sp³-hybridized carbons (Fsp3) is 0.364. The van der Waals surface area contributed by atoms with Crippen molar-refractivity contribution in [2.45, 2.75) is 31.5 Å². The van der Waals surface area contributed by atoms with Gasteiger partial charge >= 0.3 is 6.18 Å². The molecule has 1 fully saturated rings. The molecule has 0 bridgehead atoms. The van der Waals surface area contributed by atoms with Crippen molar-refractivity contribution in [3.63, 3.8) is 0 Å². The highest BCUT2D eigenvalue weighted by Crippen LogP contribution is 2.48. The Kier molecular flexibility index (Phi) is 6.65. The number of amides is 1. The number of benzene rings is 2. The quantitative estimate of drug-likeness (QED) is 0.613. The number of nitrogens with one attached hydrogen (secondary N) is 1. The maximum atomic E-state index is 14.4. The molecule has 2 unspecified atom stereocenters. The van der Waals surface area contributed by atoms with Gasteiger partial charge in [0.25, 0.3) is 5.91 Å². The van der Waals surface area contributed by atoms with Crippen LogP contribution in [0.1, 0.15) is 30.9 Å². The lowest BCUT2D eigenvalue weighted by atomic mass is 9.88. The number of halogens is 5. The van der Waals surface area contributed by atoms with Crippen molar-refractivity contribution in [3.05, 3.63) is 64.1 Å². The summed E-state index contributed by atoms with van der Waals surface area (Å²) >= 11 is 12.3. The number of anilines is 1. The van der Waals surface area contributed by atoms with Gasteiger partial charge in [0.15, 0.2) is 0 Å². The average molecular weight is 485 g/mol. The van der Waals surface area contributed by atoms with Crippen LogP contribution in [0.15, 0.2) is 53.6 Å². The van der Waals surface area contributed by atoms with Crippen molar-refractivity contribution in [2.75, 3.05) is 18.1 Å². The molecule has 2 atom stereocenters. The van der Waals surface area contributed by atoms with Gasteiger partial charge in [0.1, 0.15) is 11.6 Å². The molecule has 2 heterocycles. The number of piperidine rings is 1. The fourth-order valence-corrected chi connectivity index (χ4v) is 4.44. The molecule has 5 nitrogen and oxygen atoms in total. The lowest BCUT2D eigenvalue weighted by Crippen LogP contribution is -2.50. The summed E-state index contributed by atoms with van der Waals surface area (Å²) < 4.78 is 43.2. The minimum Gasteiger partial charge on any atom is -0.284 e. The maximum Gasteiger partial charge on any atom is 0.399 e. The molecule has 2 aromatic carbocycles. The van der Waals surface area contributed by atoms with E-state index in [4.69, 9.17) is 23.2 Å². The Bertz CT molecular complexity index is 1010. The molecule has 4 rings (SSSR count). The van der Waals surface area contributed by atoms with Crippen molar-refractivity contribution in [3.8, 4) is 0 Å². The first-order valence-corrected chi connectivity index (χ1v) is 11.0. The van der Waals surface area contributed by atoms with E-state index in [9.17, 15) is 18.0 Å². The number of nitrogens with zero attached hydrogens (tertiary/aromatic N) is 3. The highest BCUT2D eigenvalue weighted by atomic mass is 35.5. The van der Waals surface area contributed by atoms with Crippen molar-refractivity contribution in [1.82, 2.24) is 10.4 Å². The number of rotatable bonds is 4. The standard InChI is InChI=1S/C22H21Cl2F3N4O/c23-15-10-8-14(9-11-15)20-18(22(25,26)27)19(21(32)29-30-12-4-1-5-13-30)28-31(20)17-7-3-2-6-16(17)24/h2-3,6-11,18,20H,1,4-5,12-13H2,(H,29,32). The Balaban J connectivity index is 1.78. The molecule has 170 valence electrons. The normalized spacial score (nSPS) is 22.0. The van der Waals surface area contributed by atoms with Gasteiger partial charge in [-0.2, -0.15) is 18.3 Å². The van der Waals surface area contributed by atoms with Gasteiger partial charge in [-0.15, -0.1) is 0 Å². The van der Waals surface area contributed by atoms with Crippen LogP contribution >= 0.6 is 23.2 Å². The van der Waals surface area contributed by atoms with Gasteiger partial charge in [0.2, 0.25) is 0 Å². The summed E-state index contributed by atoms with van der Waals surface area (Å²) in [5.74, 6) is -3.01. The molecule has 0 spiro atoms. The first kappa shape index (κ1) is 22.9. The van der Waals surface area contributed by atoms with E-state index in [2.05, 4.69) is 10.5 Å². The molecule has 10 heteroatoms. The van der Waals surface area contributed by atoms with E-state index in [0.717, 1.165) is 19.3 Å². The van der Waals surface area contributed by atoms with Crippen LogP contribution in [0.2, 0.25) is 10.0 Å². The summed E-state index contributed by atoms with van der Waals surface area (Å²) in [4.78, 5) is 13.0. The van der Waals surface area contributed by atoms with Gasteiger partial charge in [-0.05, 0) is 42.7 Å². The Hall–Kier alpha value is -2.29. The second kappa shape index (κ2) is 9.29. The lowest BCUT2D eigenvalue weighted by molar-refractivity contribution is -0.160. The summed E-state index contributed by atoms with van der Waals surface area (Å²) in [5.41, 5.74) is 2.62. The Morgan fingerprint density at radius 1 is 1.00 bits per heavy atom. The van der Waals surface area contributed by atoms with Crippen LogP contribution < -0.4 is 10.4 Å². The molecule has 2 aliphatic rings. The number of para-hydroxylation sites is 1. The van der Waals surface area contributed by atoms with Crippen LogP contribution in [0.5, 0.6) is 0 Å². The molecular formula is C22H21Cl2F3N4O. The second-order valence-corrected chi connectivity index (χ2v) is 8.63. The van der Waals surface area contributed by atoms with Crippen LogP contribution in [0.3, 0.4) is 0 Å². The van der Waals surface area contributed by atoms with Gasteiger partial charge in [-0.1, -0.05) is 53.9 Å².